The van der Waals surface area contributed by atoms with E-state index in [1.54, 1.807) is 23.5 Å². The molecular weight excluding hydrogens is 366 g/mol. The molecular formula is C12H7Cl3F3N3O. The highest BCUT2D eigenvalue weighted by atomic mass is 35.5. The van der Waals surface area contributed by atoms with E-state index < -0.39 is 17.9 Å². The number of hydrogen-bond donors (Lipinski definition) is 1. The van der Waals surface area contributed by atoms with Crippen molar-refractivity contribution >= 4 is 46.5 Å². The Labute approximate surface area is 137 Å². The zero-order chi connectivity index (χ0) is 16.5. The molecule has 0 radical (unpaired) electrons. The lowest BCUT2D eigenvalue weighted by Gasteiger charge is -2.07. The van der Waals surface area contributed by atoms with Gasteiger partial charge < -0.3 is 5.32 Å². The van der Waals surface area contributed by atoms with Gasteiger partial charge in [0.2, 0.25) is 0 Å². The molecule has 0 aliphatic rings. The predicted molar refractivity (Wildman–Crippen MR) is 77.5 cm³/mol. The molecule has 2 aromatic rings. The van der Waals surface area contributed by atoms with Gasteiger partial charge in [0.05, 0.1) is 6.54 Å². The number of carbonyl (C=O) groups excluding carboxylic acids is 1. The Bertz CT molecular complexity index is 695. The van der Waals surface area contributed by atoms with Crippen LogP contribution in [0.5, 0.6) is 0 Å². The van der Waals surface area contributed by atoms with Crippen molar-refractivity contribution in [2.24, 2.45) is 0 Å². The number of benzene rings is 1. The lowest BCUT2D eigenvalue weighted by molar-refractivity contribution is -0.167. The van der Waals surface area contributed by atoms with Crippen LogP contribution < -0.4 is 5.32 Å². The number of nitrogens with zero attached hydrogens (tertiary/aromatic N) is 2. The van der Waals surface area contributed by atoms with Crippen molar-refractivity contribution in [2.45, 2.75) is 12.7 Å². The lowest BCUT2D eigenvalue weighted by Crippen LogP contribution is -2.30. The molecule has 0 atom stereocenters. The highest BCUT2D eigenvalue weighted by Gasteiger charge is 2.39. The molecule has 0 saturated heterocycles. The van der Waals surface area contributed by atoms with Gasteiger partial charge in [-0.15, -0.1) is 0 Å². The Balaban J connectivity index is 2.22. The van der Waals surface area contributed by atoms with Crippen LogP contribution >= 0.6 is 34.8 Å². The number of nitrogens with one attached hydrogen (secondary N) is 1. The fraction of sp³-hybridized carbons (Fsp3) is 0.167. The maximum atomic E-state index is 12.2. The van der Waals surface area contributed by atoms with E-state index in [9.17, 15) is 18.0 Å². The average Bonchev–Trinajstić information content (AvgIpc) is 2.73. The van der Waals surface area contributed by atoms with Crippen molar-refractivity contribution in [1.82, 2.24) is 9.78 Å². The number of rotatable bonds is 3. The molecule has 1 aromatic heterocycles. The predicted octanol–water partition coefficient (Wildman–Crippen LogP) is 4.39. The maximum absolute atomic E-state index is 12.2. The lowest BCUT2D eigenvalue weighted by atomic mass is 10.2. The van der Waals surface area contributed by atoms with Crippen LogP contribution in [0.1, 0.15) is 5.56 Å². The van der Waals surface area contributed by atoms with Crippen molar-refractivity contribution in [3.05, 3.63) is 45.0 Å². The van der Waals surface area contributed by atoms with Gasteiger partial charge in [0.1, 0.15) is 5.02 Å². The summed E-state index contributed by atoms with van der Waals surface area (Å²) in [6.07, 6.45) is -3.77. The van der Waals surface area contributed by atoms with Gasteiger partial charge in [0.15, 0.2) is 5.82 Å². The zero-order valence-electron chi connectivity index (χ0n) is 10.6. The van der Waals surface area contributed by atoms with Crippen LogP contribution in [-0.4, -0.2) is 21.9 Å². The minimum atomic E-state index is -5.03. The second-order valence-corrected chi connectivity index (χ2v) is 5.40. The SMILES string of the molecule is O=C(Nc1nn(Cc2c(Cl)cccc2Cl)cc1Cl)C(F)(F)F. The molecule has 4 nitrogen and oxygen atoms in total. The average molecular weight is 373 g/mol. The first-order valence-corrected chi connectivity index (χ1v) is 6.86. The third kappa shape index (κ3) is 3.85. The van der Waals surface area contributed by atoms with Gasteiger partial charge in [-0.25, -0.2) is 0 Å². The second-order valence-electron chi connectivity index (χ2n) is 4.18. The summed E-state index contributed by atoms with van der Waals surface area (Å²) in [4.78, 5) is 10.9. The number of alkyl halides is 3. The Hall–Kier alpha value is -1.44. The molecule has 1 heterocycles. The summed E-state index contributed by atoms with van der Waals surface area (Å²) in [6.45, 7) is 0.0834. The molecule has 0 aliphatic heterocycles. The van der Waals surface area contributed by atoms with Gasteiger partial charge in [-0.1, -0.05) is 40.9 Å². The van der Waals surface area contributed by atoms with Crippen molar-refractivity contribution in [3.8, 4) is 0 Å². The van der Waals surface area contributed by atoms with E-state index in [0.717, 1.165) is 0 Å². The second kappa shape index (κ2) is 6.36. The molecule has 0 unspecified atom stereocenters. The quantitative estimate of drug-likeness (QED) is 0.868. The van der Waals surface area contributed by atoms with Crippen LogP contribution in [0, 0.1) is 0 Å². The van der Waals surface area contributed by atoms with Gasteiger partial charge in [-0.2, -0.15) is 18.3 Å². The molecule has 0 spiro atoms. The molecule has 22 heavy (non-hydrogen) atoms. The molecule has 10 heteroatoms. The van der Waals surface area contributed by atoms with Crippen molar-refractivity contribution in [1.29, 1.82) is 0 Å². The van der Waals surface area contributed by atoms with Crippen LogP contribution in [0.25, 0.3) is 0 Å². The summed E-state index contributed by atoms with van der Waals surface area (Å²) in [5.41, 5.74) is 0.527. The Kier molecular flexibility index (Phi) is 4.89. The Morgan fingerprint density at radius 1 is 1.18 bits per heavy atom. The number of amides is 1. The van der Waals surface area contributed by atoms with Crippen LogP contribution in [0.2, 0.25) is 15.1 Å². The fourth-order valence-corrected chi connectivity index (χ4v) is 2.30. The Morgan fingerprint density at radius 2 is 1.77 bits per heavy atom. The standard InChI is InChI=1S/C12H7Cl3F3N3O/c13-7-2-1-3-8(14)6(7)4-21-5-9(15)10(20-21)19-11(22)12(16,17)18/h1-3,5H,4H2,(H,19,20,22). The minimum Gasteiger partial charge on any atom is -0.300 e. The summed E-state index contributed by atoms with van der Waals surface area (Å²) < 4.78 is 37.8. The number of hydrogen-bond acceptors (Lipinski definition) is 2. The first kappa shape index (κ1) is 16.9. The van der Waals surface area contributed by atoms with Gasteiger partial charge in [0.25, 0.3) is 0 Å². The number of anilines is 1. The van der Waals surface area contributed by atoms with Gasteiger partial charge >= 0.3 is 12.1 Å². The fourth-order valence-electron chi connectivity index (χ4n) is 1.59. The van der Waals surface area contributed by atoms with Crippen LogP contribution in [-0.2, 0) is 11.3 Å². The molecule has 1 amide bonds. The van der Waals surface area contributed by atoms with E-state index in [2.05, 4.69) is 5.10 Å². The van der Waals surface area contributed by atoms with Crippen LogP contribution in [0.4, 0.5) is 19.0 Å². The zero-order valence-corrected chi connectivity index (χ0v) is 12.9. The van der Waals surface area contributed by atoms with Crippen molar-refractivity contribution < 1.29 is 18.0 Å². The van der Waals surface area contributed by atoms with E-state index in [4.69, 9.17) is 34.8 Å². The highest BCUT2D eigenvalue weighted by molar-refractivity contribution is 6.36. The number of halogens is 6. The van der Waals surface area contributed by atoms with Crippen LogP contribution in [0.3, 0.4) is 0 Å². The first-order valence-electron chi connectivity index (χ1n) is 5.72. The van der Waals surface area contributed by atoms with E-state index in [0.29, 0.717) is 15.6 Å². The monoisotopic (exact) mass is 371 g/mol. The van der Waals surface area contributed by atoms with Crippen LogP contribution in [0.15, 0.2) is 24.4 Å². The summed E-state index contributed by atoms with van der Waals surface area (Å²) in [5, 5.41) is 5.98. The van der Waals surface area contributed by atoms with Gasteiger partial charge in [0, 0.05) is 21.8 Å². The molecule has 2 rings (SSSR count). The molecule has 0 fully saturated rings. The molecule has 0 bridgehead atoms. The first-order chi connectivity index (χ1) is 10.2. The molecule has 1 N–H and O–H groups in total. The minimum absolute atomic E-state index is 0.0834. The number of carbonyl (C=O) groups is 1. The van der Waals surface area contributed by atoms with E-state index in [-0.39, 0.29) is 11.6 Å². The van der Waals surface area contributed by atoms with Crippen molar-refractivity contribution in [2.75, 3.05) is 5.32 Å². The normalized spacial score (nSPS) is 11.5. The highest BCUT2D eigenvalue weighted by Crippen LogP contribution is 2.27. The molecule has 0 aliphatic carbocycles. The third-order valence-electron chi connectivity index (χ3n) is 2.59. The third-order valence-corrected chi connectivity index (χ3v) is 3.57. The Morgan fingerprint density at radius 3 is 2.32 bits per heavy atom. The summed E-state index contributed by atoms with van der Waals surface area (Å²) in [7, 11) is 0. The molecule has 118 valence electrons. The smallest absolute Gasteiger partial charge is 0.300 e. The summed E-state index contributed by atoms with van der Waals surface area (Å²) in [5.74, 6) is -2.55. The van der Waals surface area contributed by atoms with Gasteiger partial charge in [-0.3, -0.25) is 9.48 Å². The largest absolute Gasteiger partial charge is 0.471 e. The topological polar surface area (TPSA) is 46.9 Å². The molecule has 0 saturated carbocycles. The molecule has 1 aromatic carbocycles. The summed E-state index contributed by atoms with van der Waals surface area (Å²) in [6, 6.07) is 4.87. The van der Waals surface area contributed by atoms with E-state index in [1.807, 2.05) is 0 Å². The summed E-state index contributed by atoms with van der Waals surface area (Å²) >= 11 is 17.7. The van der Waals surface area contributed by atoms with E-state index in [1.165, 1.54) is 10.9 Å². The van der Waals surface area contributed by atoms with Gasteiger partial charge in [-0.05, 0) is 12.1 Å². The van der Waals surface area contributed by atoms with E-state index >= 15 is 0 Å². The van der Waals surface area contributed by atoms with Crippen molar-refractivity contribution in [3.63, 3.8) is 0 Å². The number of aromatic nitrogens is 2. The maximum Gasteiger partial charge on any atom is 0.471 e.